The maximum Gasteiger partial charge on any atom is 0.228 e. The predicted molar refractivity (Wildman–Crippen MR) is 46.7 cm³/mol. The first-order chi connectivity index (χ1) is 5.41. The Labute approximate surface area is 73.4 Å². The second-order valence-corrected chi connectivity index (χ2v) is 4.44. The van der Waals surface area contributed by atoms with E-state index in [1.807, 2.05) is 20.8 Å². The zero-order chi connectivity index (χ0) is 9.35. The van der Waals surface area contributed by atoms with Gasteiger partial charge in [-0.1, -0.05) is 20.8 Å². The summed E-state index contributed by atoms with van der Waals surface area (Å²) in [6.45, 7) is 6.92. The minimum atomic E-state index is -0.315. The summed E-state index contributed by atoms with van der Waals surface area (Å²) in [5.74, 6) is 0.138. The van der Waals surface area contributed by atoms with Gasteiger partial charge in [-0.15, -0.1) is 0 Å². The van der Waals surface area contributed by atoms with Crippen molar-refractivity contribution in [3.63, 3.8) is 0 Å². The lowest BCUT2D eigenvalue weighted by molar-refractivity contribution is -0.138. The van der Waals surface area contributed by atoms with Gasteiger partial charge in [-0.05, 0) is 6.42 Å². The van der Waals surface area contributed by atoms with Gasteiger partial charge in [0.25, 0.3) is 0 Å². The predicted octanol–water partition coefficient (Wildman–Crippen LogP) is 0.626. The molecule has 1 rings (SSSR count). The fourth-order valence-electron chi connectivity index (χ4n) is 1.40. The number of nitrogens with zero attached hydrogens (tertiary/aromatic N) is 1. The van der Waals surface area contributed by atoms with Crippen LogP contribution < -0.4 is 0 Å². The summed E-state index contributed by atoms with van der Waals surface area (Å²) >= 11 is 0. The Morgan fingerprint density at radius 1 is 1.50 bits per heavy atom. The molecule has 1 N–H and O–H groups in total. The molecule has 0 aromatic heterocycles. The lowest BCUT2D eigenvalue weighted by Gasteiger charge is -2.25. The van der Waals surface area contributed by atoms with Gasteiger partial charge in [-0.25, -0.2) is 0 Å². The van der Waals surface area contributed by atoms with Crippen LogP contribution in [-0.4, -0.2) is 35.1 Å². The molecule has 0 radical (unpaired) electrons. The molecule has 3 heteroatoms. The van der Waals surface area contributed by atoms with Crippen molar-refractivity contribution in [2.75, 3.05) is 13.1 Å². The van der Waals surface area contributed by atoms with Crippen LogP contribution in [0.25, 0.3) is 0 Å². The summed E-state index contributed by atoms with van der Waals surface area (Å²) in [7, 11) is 0. The fourth-order valence-corrected chi connectivity index (χ4v) is 1.40. The minimum Gasteiger partial charge on any atom is -0.391 e. The number of carbonyl (C=O) groups is 1. The molecule has 1 saturated heterocycles. The quantitative estimate of drug-likeness (QED) is 0.580. The molecule has 1 atom stereocenters. The number of carbonyl (C=O) groups excluding carboxylic acids is 1. The molecule has 1 amide bonds. The Morgan fingerprint density at radius 3 is 2.42 bits per heavy atom. The van der Waals surface area contributed by atoms with E-state index in [9.17, 15) is 9.90 Å². The monoisotopic (exact) mass is 171 g/mol. The van der Waals surface area contributed by atoms with Gasteiger partial charge in [0.1, 0.15) is 0 Å². The van der Waals surface area contributed by atoms with Crippen molar-refractivity contribution in [2.24, 2.45) is 5.41 Å². The first-order valence-corrected chi connectivity index (χ1v) is 4.38. The number of hydrogen-bond donors (Lipinski definition) is 1. The Hall–Kier alpha value is -0.570. The van der Waals surface area contributed by atoms with Gasteiger partial charge in [-0.2, -0.15) is 0 Å². The van der Waals surface area contributed by atoms with Crippen LogP contribution in [0.5, 0.6) is 0 Å². The van der Waals surface area contributed by atoms with Crippen molar-refractivity contribution in [2.45, 2.75) is 33.3 Å². The molecule has 1 heterocycles. The third-order valence-electron chi connectivity index (χ3n) is 2.09. The highest BCUT2D eigenvalue weighted by Crippen LogP contribution is 2.20. The summed E-state index contributed by atoms with van der Waals surface area (Å²) in [4.78, 5) is 13.4. The smallest absolute Gasteiger partial charge is 0.228 e. The first kappa shape index (κ1) is 9.52. The fraction of sp³-hybridized carbons (Fsp3) is 0.889. The van der Waals surface area contributed by atoms with E-state index in [4.69, 9.17) is 0 Å². The molecule has 1 aliphatic rings. The van der Waals surface area contributed by atoms with Crippen LogP contribution in [0.1, 0.15) is 27.2 Å². The number of aliphatic hydroxyl groups is 1. The van der Waals surface area contributed by atoms with Crippen LogP contribution in [0.4, 0.5) is 0 Å². The van der Waals surface area contributed by atoms with E-state index in [1.165, 1.54) is 0 Å². The molecule has 1 aliphatic heterocycles. The number of aliphatic hydroxyl groups excluding tert-OH is 1. The average molecular weight is 171 g/mol. The van der Waals surface area contributed by atoms with Gasteiger partial charge in [-0.3, -0.25) is 4.79 Å². The van der Waals surface area contributed by atoms with Gasteiger partial charge in [0.2, 0.25) is 5.91 Å². The maximum atomic E-state index is 11.6. The molecule has 0 bridgehead atoms. The van der Waals surface area contributed by atoms with Gasteiger partial charge in [0.05, 0.1) is 6.10 Å². The number of β-amino-alcohol motifs (C(OH)–C–C–N with tert-alkyl or cyclic N) is 1. The van der Waals surface area contributed by atoms with E-state index in [2.05, 4.69) is 0 Å². The van der Waals surface area contributed by atoms with Crippen LogP contribution in [-0.2, 0) is 4.79 Å². The van der Waals surface area contributed by atoms with E-state index < -0.39 is 0 Å². The van der Waals surface area contributed by atoms with Crippen molar-refractivity contribution in [1.82, 2.24) is 4.90 Å². The molecule has 0 aromatic carbocycles. The molecule has 0 spiro atoms. The van der Waals surface area contributed by atoms with Gasteiger partial charge >= 0.3 is 0 Å². The normalized spacial score (nSPS) is 24.7. The molecule has 1 fully saturated rings. The Balaban J connectivity index is 2.55. The Kier molecular flexibility index (Phi) is 2.42. The molecule has 3 nitrogen and oxygen atoms in total. The van der Waals surface area contributed by atoms with E-state index in [0.29, 0.717) is 13.1 Å². The molecule has 0 aromatic rings. The summed E-state index contributed by atoms with van der Waals surface area (Å²) in [6.07, 6.45) is 0.415. The number of hydrogen-bond acceptors (Lipinski definition) is 2. The summed E-state index contributed by atoms with van der Waals surface area (Å²) in [5, 5.41) is 9.22. The lowest BCUT2D eigenvalue weighted by atomic mass is 9.95. The third-order valence-corrected chi connectivity index (χ3v) is 2.09. The Bertz CT molecular complexity index is 183. The first-order valence-electron chi connectivity index (χ1n) is 4.38. The summed E-state index contributed by atoms with van der Waals surface area (Å²) in [6, 6.07) is 0. The number of amides is 1. The zero-order valence-electron chi connectivity index (χ0n) is 8.00. The lowest BCUT2D eigenvalue weighted by Crippen LogP contribution is -2.38. The molecule has 0 aliphatic carbocycles. The maximum absolute atomic E-state index is 11.6. The zero-order valence-corrected chi connectivity index (χ0v) is 8.00. The minimum absolute atomic E-state index is 0.138. The second-order valence-electron chi connectivity index (χ2n) is 4.44. The molecule has 70 valence electrons. The van der Waals surface area contributed by atoms with E-state index >= 15 is 0 Å². The van der Waals surface area contributed by atoms with Crippen LogP contribution in [0.2, 0.25) is 0 Å². The number of likely N-dealkylation sites (tertiary alicyclic amines) is 1. The van der Waals surface area contributed by atoms with E-state index in [0.717, 1.165) is 6.42 Å². The largest absolute Gasteiger partial charge is 0.391 e. The summed E-state index contributed by atoms with van der Waals surface area (Å²) in [5.41, 5.74) is -0.315. The van der Waals surface area contributed by atoms with Crippen molar-refractivity contribution in [3.05, 3.63) is 0 Å². The SMILES string of the molecule is CC(C)(C)C(=O)N1CC[C@@H](O)C1. The van der Waals surface area contributed by atoms with E-state index in [1.54, 1.807) is 4.90 Å². The average Bonchev–Trinajstić information content (AvgIpc) is 2.32. The summed E-state index contributed by atoms with van der Waals surface area (Å²) < 4.78 is 0. The second kappa shape index (κ2) is 3.05. The topological polar surface area (TPSA) is 40.5 Å². The van der Waals surface area contributed by atoms with Crippen LogP contribution >= 0.6 is 0 Å². The highest BCUT2D eigenvalue weighted by atomic mass is 16.3. The standard InChI is InChI=1S/C9H17NO2/c1-9(2,3)8(12)10-5-4-7(11)6-10/h7,11H,4-6H2,1-3H3/t7-/m1/s1. The van der Waals surface area contributed by atoms with Crippen molar-refractivity contribution in [3.8, 4) is 0 Å². The van der Waals surface area contributed by atoms with Crippen LogP contribution in [0.15, 0.2) is 0 Å². The highest BCUT2D eigenvalue weighted by Gasteiger charge is 2.31. The molecule has 0 saturated carbocycles. The van der Waals surface area contributed by atoms with Gasteiger partial charge in [0, 0.05) is 18.5 Å². The highest BCUT2D eigenvalue weighted by molar-refractivity contribution is 5.81. The number of rotatable bonds is 0. The molecular weight excluding hydrogens is 154 g/mol. The molecular formula is C9H17NO2. The molecule has 12 heavy (non-hydrogen) atoms. The van der Waals surface area contributed by atoms with Gasteiger partial charge in [0.15, 0.2) is 0 Å². The van der Waals surface area contributed by atoms with Crippen LogP contribution in [0.3, 0.4) is 0 Å². The van der Waals surface area contributed by atoms with Crippen molar-refractivity contribution >= 4 is 5.91 Å². The van der Waals surface area contributed by atoms with Crippen molar-refractivity contribution in [1.29, 1.82) is 0 Å². The van der Waals surface area contributed by atoms with E-state index in [-0.39, 0.29) is 17.4 Å². The third kappa shape index (κ3) is 1.97. The Morgan fingerprint density at radius 2 is 2.08 bits per heavy atom. The van der Waals surface area contributed by atoms with Crippen LogP contribution in [0, 0.1) is 5.41 Å². The van der Waals surface area contributed by atoms with Crippen molar-refractivity contribution < 1.29 is 9.90 Å². The van der Waals surface area contributed by atoms with Gasteiger partial charge < -0.3 is 10.0 Å². The molecule has 0 unspecified atom stereocenters.